The van der Waals surface area contributed by atoms with Gasteiger partial charge in [0.15, 0.2) is 0 Å². The monoisotopic (exact) mass is 263 g/mol. The molecule has 94 valence electrons. The minimum absolute atomic E-state index is 0.0163. The van der Waals surface area contributed by atoms with E-state index in [2.05, 4.69) is 15.5 Å². The minimum atomic E-state index is -0.0163. The molecule has 1 amide bonds. The Labute approximate surface area is 110 Å². The van der Waals surface area contributed by atoms with Crippen molar-refractivity contribution in [3.8, 4) is 11.3 Å². The van der Waals surface area contributed by atoms with Crippen LogP contribution in [-0.4, -0.2) is 22.0 Å². The van der Waals surface area contributed by atoms with Crippen molar-refractivity contribution in [1.29, 1.82) is 0 Å². The first-order chi connectivity index (χ1) is 8.79. The molecule has 0 radical (unpaired) electrons. The number of hydrogen-bond donors (Lipinski definition) is 2. The number of aromatic amines is 1. The number of aromatic nitrogens is 2. The average Bonchev–Trinajstić information content (AvgIpc) is 2.90. The van der Waals surface area contributed by atoms with Crippen molar-refractivity contribution >= 4 is 23.2 Å². The second kappa shape index (κ2) is 6.21. The van der Waals surface area contributed by atoms with E-state index in [0.29, 0.717) is 18.7 Å². The van der Waals surface area contributed by atoms with Crippen LogP contribution in [0, 0.1) is 0 Å². The maximum Gasteiger partial charge on any atom is 0.224 e. The molecule has 0 saturated heterocycles. The van der Waals surface area contributed by atoms with Gasteiger partial charge in [-0.25, -0.2) is 0 Å². The lowest BCUT2D eigenvalue weighted by molar-refractivity contribution is -0.116. The number of halogens is 1. The summed E-state index contributed by atoms with van der Waals surface area (Å²) in [4.78, 5) is 11.6. The Morgan fingerprint density at radius 3 is 3.00 bits per heavy atom. The van der Waals surface area contributed by atoms with Gasteiger partial charge in [0.05, 0.1) is 5.69 Å². The average molecular weight is 264 g/mol. The predicted octanol–water partition coefficient (Wildman–Crippen LogP) is 3.03. The summed E-state index contributed by atoms with van der Waals surface area (Å²) in [6.07, 6.45) is 2.83. The number of rotatable bonds is 5. The Morgan fingerprint density at radius 1 is 1.39 bits per heavy atom. The first-order valence-electron chi connectivity index (χ1n) is 5.75. The zero-order valence-electron chi connectivity index (χ0n) is 9.82. The van der Waals surface area contributed by atoms with Crippen molar-refractivity contribution in [3.63, 3.8) is 0 Å². The first-order valence-corrected chi connectivity index (χ1v) is 6.28. The van der Waals surface area contributed by atoms with Gasteiger partial charge in [0, 0.05) is 29.7 Å². The van der Waals surface area contributed by atoms with Crippen LogP contribution in [0.1, 0.15) is 12.8 Å². The van der Waals surface area contributed by atoms with E-state index >= 15 is 0 Å². The molecule has 2 N–H and O–H groups in total. The molecule has 1 aromatic heterocycles. The van der Waals surface area contributed by atoms with E-state index in [0.717, 1.165) is 16.9 Å². The number of alkyl halides is 1. The number of anilines is 1. The standard InChI is InChI=1S/C13H14ClN3O/c14-7-2-5-13(18)16-11-4-1-3-10(9-11)12-6-8-15-17-12/h1,3-4,6,8-9H,2,5,7H2,(H,15,17)(H,16,18). The predicted molar refractivity (Wildman–Crippen MR) is 72.6 cm³/mol. The number of amides is 1. The fourth-order valence-corrected chi connectivity index (χ4v) is 1.77. The van der Waals surface area contributed by atoms with E-state index in [1.54, 1.807) is 6.20 Å². The number of carbonyl (C=O) groups excluding carboxylic acids is 1. The van der Waals surface area contributed by atoms with Gasteiger partial charge < -0.3 is 5.32 Å². The molecule has 2 rings (SSSR count). The summed E-state index contributed by atoms with van der Waals surface area (Å²) in [5.41, 5.74) is 2.69. The Bertz CT molecular complexity index is 511. The number of H-pyrrole nitrogens is 1. The molecular weight excluding hydrogens is 250 g/mol. The maximum absolute atomic E-state index is 11.6. The lowest BCUT2D eigenvalue weighted by Crippen LogP contribution is -2.11. The first kappa shape index (κ1) is 12.6. The zero-order chi connectivity index (χ0) is 12.8. The van der Waals surface area contributed by atoms with Crippen LogP contribution in [0.25, 0.3) is 11.3 Å². The maximum atomic E-state index is 11.6. The summed E-state index contributed by atoms with van der Waals surface area (Å²) < 4.78 is 0. The summed E-state index contributed by atoms with van der Waals surface area (Å²) in [6, 6.07) is 9.51. The van der Waals surface area contributed by atoms with Crippen LogP contribution in [0.15, 0.2) is 36.5 Å². The molecule has 0 aliphatic rings. The normalized spacial score (nSPS) is 10.3. The van der Waals surface area contributed by atoms with Crippen LogP contribution in [-0.2, 0) is 4.79 Å². The molecule has 0 fully saturated rings. The molecule has 1 aromatic carbocycles. The zero-order valence-corrected chi connectivity index (χ0v) is 10.6. The number of nitrogens with one attached hydrogen (secondary N) is 2. The summed E-state index contributed by atoms with van der Waals surface area (Å²) in [5.74, 6) is 0.485. The molecule has 2 aromatic rings. The third-order valence-corrected chi connectivity index (χ3v) is 2.76. The molecule has 0 bridgehead atoms. The van der Waals surface area contributed by atoms with Gasteiger partial charge in [-0.1, -0.05) is 12.1 Å². The summed E-state index contributed by atoms with van der Waals surface area (Å²) >= 11 is 5.55. The van der Waals surface area contributed by atoms with Crippen LogP contribution in [0.4, 0.5) is 5.69 Å². The molecule has 0 aliphatic heterocycles. The highest BCUT2D eigenvalue weighted by atomic mass is 35.5. The fourth-order valence-electron chi connectivity index (χ4n) is 1.63. The van der Waals surface area contributed by atoms with Crippen LogP contribution in [0.3, 0.4) is 0 Å². The van der Waals surface area contributed by atoms with Gasteiger partial charge in [-0.15, -0.1) is 11.6 Å². The number of benzene rings is 1. The quantitative estimate of drug-likeness (QED) is 0.815. The van der Waals surface area contributed by atoms with Crippen molar-refractivity contribution in [1.82, 2.24) is 10.2 Å². The number of carbonyl (C=O) groups is 1. The topological polar surface area (TPSA) is 57.8 Å². The lowest BCUT2D eigenvalue weighted by atomic mass is 10.1. The van der Waals surface area contributed by atoms with E-state index in [1.807, 2.05) is 30.3 Å². The van der Waals surface area contributed by atoms with Gasteiger partial charge in [0.25, 0.3) is 0 Å². The van der Waals surface area contributed by atoms with Crippen molar-refractivity contribution in [3.05, 3.63) is 36.5 Å². The summed E-state index contributed by atoms with van der Waals surface area (Å²) in [5, 5.41) is 9.64. The highest BCUT2D eigenvalue weighted by Crippen LogP contribution is 2.20. The van der Waals surface area contributed by atoms with Crippen LogP contribution >= 0.6 is 11.6 Å². The van der Waals surface area contributed by atoms with Gasteiger partial charge in [-0.05, 0) is 24.6 Å². The molecular formula is C13H14ClN3O. The SMILES string of the molecule is O=C(CCCCl)Nc1cccc(-c2ccn[nH]2)c1. The molecule has 0 atom stereocenters. The van der Waals surface area contributed by atoms with E-state index in [1.165, 1.54) is 0 Å². The molecule has 0 saturated carbocycles. The van der Waals surface area contributed by atoms with Crippen molar-refractivity contribution in [2.75, 3.05) is 11.2 Å². The van der Waals surface area contributed by atoms with E-state index in [9.17, 15) is 4.79 Å². The molecule has 4 nitrogen and oxygen atoms in total. The Kier molecular flexibility index (Phi) is 4.36. The van der Waals surface area contributed by atoms with Gasteiger partial charge >= 0.3 is 0 Å². The van der Waals surface area contributed by atoms with Crippen molar-refractivity contribution < 1.29 is 4.79 Å². The third-order valence-electron chi connectivity index (χ3n) is 2.50. The third kappa shape index (κ3) is 3.34. The van der Waals surface area contributed by atoms with Gasteiger partial charge in [0.2, 0.25) is 5.91 Å². The highest BCUT2D eigenvalue weighted by molar-refractivity contribution is 6.18. The van der Waals surface area contributed by atoms with Crippen LogP contribution in [0.5, 0.6) is 0 Å². The van der Waals surface area contributed by atoms with Crippen molar-refractivity contribution in [2.45, 2.75) is 12.8 Å². The molecule has 5 heteroatoms. The summed E-state index contributed by atoms with van der Waals surface area (Å²) in [6.45, 7) is 0. The molecule has 0 unspecified atom stereocenters. The lowest BCUT2D eigenvalue weighted by Gasteiger charge is -2.06. The van der Waals surface area contributed by atoms with Crippen LogP contribution < -0.4 is 5.32 Å². The molecule has 18 heavy (non-hydrogen) atoms. The van der Waals surface area contributed by atoms with E-state index in [-0.39, 0.29) is 5.91 Å². The number of nitrogens with zero attached hydrogens (tertiary/aromatic N) is 1. The van der Waals surface area contributed by atoms with Crippen molar-refractivity contribution in [2.24, 2.45) is 0 Å². The molecule has 1 heterocycles. The summed E-state index contributed by atoms with van der Waals surface area (Å²) in [7, 11) is 0. The Hall–Kier alpha value is -1.81. The smallest absolute Gasteiger partial charge is 0.224 e. The second-order valence-corrected chi connectivity index (χ2v) is 4.27. The molecule has 0 spiro atoms. The minimum Gasteiger partial charge on any atom is -0.326 e. The Morgan fingerprint density at radius 2 is 2.28 bits per heavy atom. The molecule has 0 aliphatic carbocycles. The number of hydrogen-bond acceptors (Lipinski definition) is 2. The van der Waals surface area contributed by atoms with Gasteiger partial charge in [0.1, 0.15) is 0 Å². The van der Waals surface area contributed by atoms with E-state index < -0.39 is 0 Å². The van der Waals surface area contributed by atoms with Crippen LogP contribution in [0.2, 0.25) is 0 Å². The fraction of sp³-hybridized carbons (Fsp3) is 0.231. The largest absolute Gasteiger partial charge is 0.326 e. The van der Waals surface area contributed by atoms with E-state index in [4.69, 9.17) is 11.6 Å². The van der Waals surface area contributed by atoms with Gasteiger partial charge in [-0.3, -0.25) is 9.89 Å². The second-order valence-electron chi connectivity index (χ2n) is 3.89. The van der Waals surface area contributed by atoms with Gasteiger partial charge in [-0.2, -0.15) is 5.10 Å². The highest BCUT2D eigenvalue weighted by Gasteiger charge is 2.04. The Balaban J connectivity index is 2.06.